The monoisotopic (exact) mass is 289 g/mol. The summed E-state index contributed by atoms with van der Waals surface area (Å²) in [4.78, 5) is 0. The highest BCUT2D eigenvalue weighted by Gasteiger charge is 2.12. The molecule has 2 unspecified atom stereocenters. The molecule has 0 saturated carbocycles. The second-order valence-electron chi connectivity index (χ2n) is 4.31. The van der Waals surface area contributed by atoms with Gasteiger partial charge < -0.3 is 10.1 Å². The van der Waals surface area contributed by atoms with Crippen molar-refractivity contribution < 1.29 is 4.74 Å². The van der Waals surface area contributed by atoms with Gasteiger partial charge in [0.15, 0.2) is 0 Å². The molecule has 0 aliphatic rings. The maximum absolute atomic E-state index is 6.04. The Morgan fingerprint density at radius 1 is 1.22 bits per heavy atom. The molecule has 1 rings (SSSR count). The summed E-state index contributed by atoms with van der Waals surface area (Å²) in [6.07, 6.45) is 1.21. The third-order valence-corrected chi connectivity index (χ3v) is 3.60. The molecule has 0 radical (unpaired) electrons. The van der Waals surface area contributed by atoms with E-state index in [0.717, 1.165) is 25.1 Å². The van der Waals surface area contributed by atoms with Gasteiger partial charge in [-0.15, -0.1) is 0 Å². The summed E-state index contributed by atoms with van der Waals surface area (Å²) in [5.74, 6) is 0. The highest BCUT2D eigenvalue weighted by molar-refractivity contribution is 6.42. The first kappa shape index (κ1) is 15.8. The third kappa shape index (κ3) is 4.77. The lowest BCUT2D eigenvalue weighted by Gasteiger charge is -2.20. The average molecular weight is 290 g/mol. The minimum absolute atomic E-state index is 0.215. The highest BCUT2D eigenvalue weighted by Crippen LogP contribution is 2.26. The summed E-state index contributed by atoms with van der Waals surface area (Å²) < 4.78 is 5.51. The summed E-state index contributed by atoms with van der Waals surface area (Å²) in [5.41, 5.74) is 1.16. The number of hydrogen-bond donors (Lipinski definition) is 1. The number of nitrogens with one attached hydrogen (secondary N) is 1. The van der Waals surface area contributed by atoms with Crippen molar-refractivity contribution in [2.45, 2.75) is 39.3 Å². The van der Waals surface area contributed by atoms with E-state index < -0.39 is 0 Å². The molecule has 4 heteroatoms. The van der Waals surface area contributed by atoms with Crippen molar-refractivity contribution in [1.82, 2.24) is 5.32 Å². The molecule has 0 aliphatic heterocycles. The van der Waals surface area contributed by atoms with Gasteiger partial charge in [-0.3, -0.25) is 0 Å². The average Bonchev–Trinajstić information content (AvgIpc) is 2.34. The molecule has 1 N–H and O–H groups in total. The van der Waals surface area contributed by atoms with Crippen molar-refractivity contribution in [2.24, 2.45) is 0 Å². The van der Waals surface area contributed by atoms with Crippen molar-refractivity contribution in [1.29, 1.82) is 0 Å². The zero-order valence-electron chi connectivity index (χ0n) is 11.2. The zero-order valence-corrected chi connectivity index (χ0v) is 12.7. The summed E-state index contributed by atoms with van der Waals surface area (Å²) in [7, 11) is 0. The number of ether oxygens (including phenoxy) is 1. The van der Waals surface area contributed by atoms with Gasteiger partial charge in [0.2, 0.25) is 0 Å². The van der Waals surface area contributed by atoms with E-state index in [1.54, 1.807) is 0 Å². The van der Waals surface area contributed by atoms with Gasteiger partial charge in [-0.05, 0) is 38.0 Å². The van der Waals surface area contributed by atoms with Crippen LogP contribution in [0.15, 0.2) is 18.2 Å². The van der Waals surface area contributed by atoms with E-state index in [9.17, 15) is 0 Å². The van der Waals surface area contributed by atoms with Crippen LogP contribution in [0.5, 0.6) is 0 Å². The topological polar surface area (TPSA) is 21.3 Å². The van der Waals surface area contributed by atoms with Crippen LogP contribution in [0.25, 0.3) is 0 Å². The molecule has 0 amide bonds. The third-order valence-electron chi connectivity index (χ3n) is 2.86. The van der Waals surface area contributed by atoms with Gasteiger partial charge in [0.05, 0.1) is 16.1 Å². The standard InChI is InChI=1S/C14H21Cl2NO/c1-4-14(17-9-10(3)18-5-2)11-6-7-12(15)13(16)8-11/h6-8,10,14,17H,4-5,9H2,1-3H3. The fraction of sp³-hybridized carbons (Fsp3) is 0.571. The van der Waals surface area contributed by atoms with Crippen LogP contribution < -0.4 is 5.32 Å². The number of benzene rings is 1. The maximum Gasteiger partial charge on any atom is 0.0671 e. The van der Waals surface area contributed by atoms with Crippen LogP contribution in [-0.2, 0) is 4.74 Å². The first-order chi connectivity index (χ1) is 8.58. The molecule has 102 valence electrons. The summed E-state index contributed by atoms with van der Waals surface area (Å²) in [5, 5.41) is 4.69. The van der Waals surface area contributed by atoms with Crippen LogP contribution in [0, 0.1) is 0 Å². The molecule has 0 heterocycles. The van der Waals surface area contributed by atoms with E-state index in [-0.39, 0.29) is 12.1 Å². The van der Waals surface area contributed by atoms with Crippen LogP contribution in [0.3, 0.4) is 0 Å². The first-order valence-corrected chi connectivity index (χ1v) is 7.14. The molecule has 1 aromatic rings. The molecule has 2 nitrogen and oxygen atoms in total. The number of rotatable bonds is 7. The minimum Gasteiger partial charge on any atom is -0.377 e. The molecular formula is C14H21Cl2NO. The van der Waals surface area contributed by atoms with E-state index in [4.69, 9.17) is 27.9 Å². The van der Waals surface area contributed by atoms with Gasteiger partial charge in [-0.2, -0.15) is 0 Å². The Labute approximate surface area is 120 Å². The van der Waals surface area contributed by atoms with Gasteiger partial charge in [0.1, 0.15) is 0 Å². The maximum atomic E-state index is 6.04. The Morgan fingerprint density at radius 2 is 1.94 bits per heavy atom. The normalized spacial score (nSPS) is 14.5. The van der Waals surface area contributed by atoms with E-state index in [0.29, 0.717) is 10.0 Å². The van der Waals surface area contributed by atoms with Crippen molar-refractivity contribution in [3.63, 3.8) is 0 Å². The molecule has 0 spiro atoms. The second kappa shape index (κ2) is 8.00. The van der Waals surface area contributed by atoms with Crippen LogP contribution in [0.4, 0.5) is 0 Å². The molecular weight excluding hydrogens is 269 g/mol. The van der Waals surface area contributed by atoms with E-state index in [2.05, 4.69) is 19.2 Å². The Morgan fingerprint density at radius 3 is 2.50 bits per heavy atom. The van der Waals surface area contributed by atoms with E-state index >= 15 is 0 Å². The van der Waals surface area contributed by atoms with E-state index in [1.807, 2.05) is 25.1 Å². The molecule has 0 fully saturated rings. The van der Waals surface area contributed by atoms with Gasteiger partial charge in [0.25, 0.3) is 0 Å². The van der Waals surface area contributed by atoms with Crippen molar-refractivity contribution in [3.8, 4) is 0 Å². The second-order valence-corrected chi connectivity index (χ2v) is 5.12. The molecule has 2 atom stereocenters. The largest absolute Gasteiger partial charge is 0.377 e. The smallest absolute Gasteiger partial charge is 0.0671 e. The van der Waals surface area contributed by atoms with Gasteiger partial charge >= 0.3 is 0 Å². The molecule has 1 aromatic carbocycles. The molecule has 0 saturated heterocycles. The minimum atomic E-state index is 0.215. The molecule has 18 heavy (non-hydrogen) atoms. The predicted molar refractivity (Wildman–Crippen MR) is 78.6 cm³/mol. The van der Waals surface area contributed by atoms with Crippen molar-refractivity contribution in [2.75, 3.05) is 13.2 Å². The fourth-order valence-corrected chi connectivity index (χ4v) is 2.19. The lowest BCUT2D eigenvalue weighted by atomic mass is 10.0. The summed E-state index contributed by atoms with van der Waals surface area (Å²) in [6, 6.07) is 6.06. The Kier molecular flexibility index (Phi) is 7.02. The molecule has 0 bridgehead atoms. The predicted octanol–water partition coefficient (Wildman–Crippen LogP) is 4.46. The number of halogens is 2. The molecule has 0 aliphatic carbocycles. The number of hydrogen-bond acceptors (Lipinski definition) is 2. The van der Waals surface area contributed by atoms with Crippen LogP contribution >= 0.6 is 23.2 Å². The van der Waals surface area contributed by atoms with E-state index in [1.165, 1.54) is 0 Å². The lowest BCUT2D eigenvalue weighted by molar-refractivity contribution is 0.0738. The Bertz CT molecular complexity index is 371. The van der Waals surface area contributed by atoms with Crippen LogP contribution in [-0.4, -0.2) is 19.3 Å². The molecule has 0 aromatic heterocycles. The van der Waals surface area contributed by atoms with Gasteiger partial charge in [-0.1, -0.05) is 36.2 Å². The quantitative estimate of drug-likeness (QED) is 0.800. The summed E-state index contributed by atoms with van der Waals surface area (Å²) >= 11 is 12.0. The highest BCUT2D eigenvalue weighted by atomic mass is 35.5. The van der Waals surface area contributed by atoms with Crippen molar-refractivity contribution >= 4 is 23.2 Å². The van der Waals surface area contributed by atoms with Crippen molar-refractivity contribution in [3.05, 3.63) is 33.8 Å². The van der Waals surface area contributed by atoms with Gasteiger partial charge in [0, 0.05) is 19.2 Å². The van der Waals surface area contributed by atoms with Crippen LogP contribution in [0.1, 0.15) is 38.8 Å². The Hall–Kier alpha value is -0.280. The fourth-order valence-electron chi connectivity index (χ4n) is 1.88. The Balaban J connectivity index is 2.62. The van der Waals surface area contributed by atoms with Gasteiger partial charge in [-0.25, -0.2) is 0 Å². The van der Waals surface area contributed by atoms with Crippen LogP contribution in [0.2, 0.25) is 10.0 Å². The summed E-state index contributed by atoms with van der Waals surface area (Å²) in [6.45, 7) is 7.79. The first-order valence-electron chi connectivity index (χ1n) is 6.38. The SMILES string of the molecule is CCOC(C)CNC(CC)c1ccc(Cl)c(Cl)c1. The zero-order chi connectivity index (χ0) is 13.5. The lowest BCUT2D eigenvalue weighted by Crippen LogP contribution is -2.30.